The van der Waals surface area contributed by atoms with Gasteiger partial charge in [-0.3, -0.25) is 4.79 Å². The quantitative estimate of drug-likeness (QED) is 0.0535. The van der Waals surface area contributed by atoms with Crippen molar-refractivity contribution < 1.29 is 23.5 Å². The van der Waals surface area contributed by atoms with Gasteiger partial charge in [0, 0.05) is 6.42 Å². The smallest absolute Gasteiger partial charge is 0.329 e. The van der Waals surface area contributed by atoms with Crippen molar-refractivity contribution in [2.75, 3.05) is 33.9 Å². The predicted octanol–water partition coefficient (Wildman–Crippen LogP) is 9.33. The van der Waals surface area contributed by atoms with Crippen LogP contribution in [0.15, 0.2) is 0 Å². The summed E-state index contributed by atoms with van der Waals surface area (Å²) in [5.74, 6) is -0.217. The van der Waals surface area contributed by atoms with Gasteiger partial charge in [0.05, 0.1) is 13.2 Å². The highest BCUT2D eigenvalue weighted by atomic mass is 31.2. The molecule has 0 spiro atoms. The zero-order valence-corrected chi connectivity index (χ0v) is 26.6. The molecule has 2 atom stereocenters. The molecule has 0 aromatic heterocycles. The van der Waals surface area contributed by atoms with Gasteiger partial charge in [0.15, 0.2) is 0 Å². The van der Waals surface area contributed by atoms with Crippen LogP contribution in [0.3, 0.4) is 0 Å². The molecule has 1 N–H and O–H groups in total. The molecule has 0 amide bonds. The largest absolute Gasteiger partial charge is 0.460 e. The van der Waals surface area contributed by atoms with Gasteiger partial charge in [-0.05, 0) is 39.9 Å². The third-order valence-corrected chi connectivity index (χ3v) is 7.81. The fourth-order valence-electron chi connectivity index (χ4n) is 4.60. The summed E-state index contributed by atoms with van der Waals surface area (Å²) >= 11 is 0. The fraction of sp³-hybridized carbons (Fsp3) is 0.968. The molecule has 0 bridgehead atoms. The van der Waals surface area contributed by atoms with Crippen LogP contribution in [0.25, 0.3) is 0 Å². The first kappa shape index (κ1) is 37.7. The van der Waals surface area contributed by atoms with E-state index in [1.807, 2.05) is 14.1 Å². The number of esters is 1. The molecule has 0 rings (SSSR count). The minimum Gasteiger partial charge on any atom is -0.460 e. The standard InChI is InChI=1S/C31H64NO5P/c1-5-7-8-9-10-11-12-13-14-15-16-17-18-19-20-21-22-23-24-26-30(37-31(33)6-2)29-36-38(34)35-28-25-27-32(3)4/h30,34H,5-29H2,1-4H3. The molecule has 0 fully saturated rings. The fourth-order valence-corrected chi connectivity index (χ4v) is 5.26. The van der Waals surface area contributed by atoms with Crippen molar-refractivity contribution >= 4 is 14.6 Å². The molecule has 0 saturated heterocycles. The van der Waals surface area contributed by atoms with Gasteiger partial charge in [-0.15, -0.1) is 0 Å². The highest BCUT2D eigenvalue weighted by molar-refractivity contribution is 7.40. The molecule has 0 aliphatic heterocycles. The van der Waals surface area contributed by atoms with Crippen molar-refractivity contribution in [3.63, 3.8) is 0 Å². The Morgan fingerprint density at radius 3 is 1.55 bits per heavy atom. The van der Waals surface area contributed by atoms with Crippen molar-refractivity contribution in [2.45, 2.75) is 161 Å². The SMILES string of the molecule is CCCCCCCCCCCCCCCCCCCCCC(COP(O)OCCCN(C)C)OC(=O)CC. The Hall–Kier alpha value is -0.260. The van der Waals surface area contributed by atoms with Gasteiger partial charge in [0.2, 0.25) is 0 Å². The first-order chi connectivity index (χ1) is 18.5. The minimum absolute atomic E-state index is 0.195. The second-order valence-electron chi connectivity index (χ2n) is 11.1. The zero-order valence-electron chi connectivity index (χ0n) is 25.7. The Bertz CT molecular complexity index is 495. The van der Waals surface area contributed by atoms with E-state index in [0.717, 1.165) is 32.2 Å². The summed E-state index contributed by atoms with van der Waals surface area (Å²) in [5, 5.41) is 0. The Labute approximate surface area is 238 Å². The molecule has 228 valence electrons. The van der Waals surface area contributed by atoms with Crippen LogP contribution in [-0.2, 0) is 18.6 Å². The molecule has 0 radical (unpaired) electrons. The van der Waals surface area contributed by atoms with Crippen LogP contribution >= 0.6 is 8.60 Å². The van der Waals surface area contributed by atoms with Gasteiger partial charge in [-0.25, -0.2) is 0 Å². The van der Waals surface area contributed by atoms with Crippen LogP contribution in [0.4, 0.5) is 0 Å². The summed E-state index contributed by atoms with van der Waals surface area (Å²) in [6.07, 6.45) is 27.4. The van der Waals surface area contributed by atoms with E-state index in [-0.39, 0.29) is 18.7 Å². The Morgan fingerprint density at radius 1 is 0.684 bits per heavy atom. The average Bonchev–Trinajstić information content (AvgIpc) is 2.90. The van der Waals surface area contributed by atoms with Crippen molar-refractivity contribution in [3.05, 3.63) is 0 Å². The maximum absolute atomic E-state index is 11.8. The van der Waals surface area contributed by atoms with Gasteiger partial charge in [-0.2, -0.15) is 0 Å². The maximum Gasteiger partial charge on any atom is 0.329 e. The van der Waals surface area contributed by atoms with Crippen molar-refractivity contribution in [1.82, 2.24) is 4.90 Å². The van der Waals surface area contributed by atoms with Crippen molar-refractivity contribution in [3.8, 4) is 0 Å². The van der Waals surface area contributed by atoms with Gasteiger partial charge >= 0.3 is 14.6 Å². The number of hydrogen-bond acceptors (Lipinski definition) is 6. The summed E-state index contributed by atoms with van der Waals surface area (Å²) in [4.78, 5) is 23.8. The molecule has 38 heavy (non-hydrogen) atoms. The molecular formula is C31H64NO5P. The number of unbranched alkanes of at least 4 members (excludes halogenated alkanes) is 18. The van der Waals surface area contributed by atoms with E-state index in [1.54, 1.807) is 6.92 Å². The average molecular weight is 562 g/mol. The van der Waals surface area contributed by atoms with Crippen molar-refractivity contribution in [1.29, 1.82) is 0 Å². The van der Waals surface area contributed by atoms with E-state index in [2.05, 4.69) is 11.8 Å². The summed E-state index contributed by atoms with van der Waals surface area (Å²) in [5.41, 5.74) is 0. The van der Waals surface area contributed by atoms with Crippen LogP contribution in [0, 0.1) is 0 Å². The van der Waals surface area contributed by atoms with E-state index in [9.17, 15) is 9.69 Å². The molecule has 0 aromatic carbocycles. The first-order valence-electron chi connectivity index (χ1n) is 16.1. The lowest BCUT2D eigenvalue weighted by Gasteiger charge is -2.19. The number of carbonyl (C=O) groups excluding carboxylic acids is 1. The molecular weight excluding hydrogens is 497 g/mol. The summed E-state index contributed by atoms with van der Waals surface area (Å²) in [6, 6.07) is 0. The molecule has 0 aliphatic carbocycles. The minimum atomic E-state index is -1.92. The number of carbonyl (C=O) groups is 1. The third-order valence-electron chi connectivity index (χ3n) is 7.04. The van der Waals surface area contributed by atoms with E-state index in [4.69, 9.17) is 13.8 Å². The van der Waals surface area contributed by atoms with E-state index in [0.29, 0.717) is 13.0 Å². The topological polar surface area (TPSA) is 68.2 Å². The van der Waals surface area contributed by atoms with E-state index < -0.39 is 8.60 Å². The predicted molar refractivity (Wildman–Crippen MR) is 162 cm³/mol. The maximum atomic E-state index is 11.8. The highest BCUT2D eigenvalue weighted by Gasteiger charge is 2.17. The van der Waals surface area contributed by atoms with E-state index in [1.165, 1.54) is 109 Å². The monoisotopic (exact) mass is 561 g/mol. The first-order valence-corrected chi connectivity index (χ1v) is 17.2. The molecule has 0 saturated carbocycles. The summed E-state index contributed by atoms with van der Waals surface area (Å²) in [7, 11) is 2.09. The highest BCUT2D eigenvalue weighted by Crippen LogP contribution is 2.33. The number of rotatable bonds is 30. The lowest BCUT2D eigenvalue weighted by atomic mass is 10.0. The number of hydrogen-bond donors (Lipinski definition) is 1. The molecule has 0 aliphatic rings. The lowest BCUT2D eigenvalue weighted by molar-refractivity contribution is -0.150. The zero-order chi connectivity index (χ0) is 28.1. The normalized spacial score (nSPS) is 13.2. The lowest BCUT2D eigenvalue weighted by Crippen LogP contribution is -2.22. The Balaban J connectivity index is 3.62. The van der Waals surface area contributed by atoms with Crippen LogP contribution in [0.2, 0.25) is 0 Å². The van der Waals surface area contributed by atoms with Crippen LogP contribution in [0.1, 0.15) is 155 Å². The number of ether oxygens (including phenoxy) is 1. The van der Waals surface area contributed by atoms with Crippen LogP contribution < -0.4 is 0 Å². The second-order valence-corrected chi connectivity index (χ2v) is 12.1. The van der Waals surface area contributed by atoms with Gasteiger partial charge in [0.25, 0.3) is 0 Å². The number of nitrogens with zero attached hydrogens (tertiary/aromatic N) is 1. The van der Waals surface area contributed by atoms with Gasteiger partial charge in [0.1, 0.15) is 6.10 Å². The summed E-state index contributed by atoms with van der Waals surface area (Å²) < 4.78 is 16.3. The molecule has 0 heterocycles. The molecule has 2 unspecified atom stereocenters. The van der Waals surface area contributed by atoms with Crippen LogP contribution in [0.5, 0.6) is 0 Å². The summed E-state index contributed by atoms with van der Waals surface area (Å²) in [6.45, 7) is 5.64. The van der Waals surface area contributed by atoms with E-state index >= 15 is 0 Å². The Kier molecular flexibility index (Phi) is 29.5. The molecule has 7 heteroatoms. The van der Waals surface area contributed by atoms with Gasteiger partial charge < -0.3 is 23.6 Å². The van der Waals surface area contributed by atoms with Crippen LogP contribution in [-0.4, -0.2) is 55.7 Å². The molecule has 6 nitrogen and oxygen atoms in total. The van der Waals surface area contributed by atoms with Gasteiger partial charge in [-0.1, -0.05) is 129 Å². The second kappa shape index (κ2) is 29.7. The van der Waals surface area contributed by atoms with Crippen molar-refractivity contribution in [2.24, 2.45) is 0 Å². The third kappa shape index (κ3) is 28.7. The molecule has 0 aromatic rings. The Morgan fingerprint density at radius 2 is 1.13 bits per heavy atom.